The van der Waals surface area contributed by atoms with Crippen molar-refractivity contribution in [1.82, 2.24) is 0 Å². The molecule has 2 N–H and O–H groups in total. The van der Waals surface area contributed by atoms with E-state index in [-0.39, 0.29) is 17.5 Å². The van der Waals surface area contributed by atoms with E-state index in [9.17, 15) is 14.9 Å². The third kappa shape index (κ3) is 3.19. The molecule has 0 radical (unpaired) electrons. The van der Waals surface area contributed by atoms with E-state index in [4.69, 9.17) is 16.7 Å². The number of hydrogen-bond donors (Lipinski definition) is 2. The monoisotopic (exact) mass is 298 g/mol. The Morgan fingerprint density at radius 2 is 2.25 bits per heavy atom. The molecule has 1 fully saturated rings. The van der Waals surface area contributed by atoms with Gasteiger partial charge in [-0.05, 0) is 30.9 Å². The largest absolute Gasteiger partial charge is 0.481 e. The zero-order valence-electron chi connectivity index (χ0n) is 10.7. The van der Waals surface area contributed by atoms with E-state index in [1.807, 2.05) is 0 Å². The van der Waals surface area contributed by atoms with Gasteiger partial charge >= 0.3 is 5.97 Å². The summed E-state index contributed by atoms with van der Waals surface area (Å²) < 4.78 is 0. The van der Waals surface area contributed by atoms with E-state index in [1.54, 1.807) is 0 Å². The first kappa shape index (κ1) is 14.6. The van der Waals surface area contributed by atoms with Crippen LogP contribution in [0, 0.1) is 22.0 Å². The molecule has 1 aromatic rings. The summed E-state index contributed by atoms with van der Waals surface area (Å²) in [5.74, 6) is -1.18. The molecule has 20 heavy (non-hydrogen) atoms. The Kier molecular flexibility index (Phi) is 4.44. The molecule has 0 aliphatic heterocycles. The lowest BCUT2D eigenvalue weighted by Gasteiger charge is -2.17. The van der Waals surface area contributed by atoms with Gasteiger partial charge in [-0.25, -0.2) is 0 Å². The van der Waals surface area contributed by atoms with Crippen molar-refractivity contribution in [3.63, 3.8) is 0 Å². The van der Waals surface area contributed by atoms with Crippen LogP contribution in [0.25, 0.3) is 0 Å². The van der Waals surface area contributed by atoms with Crippen molar-refractivity contribution in [2.24, 2.45) is 11.8 Å². The Balaban J connectivity index is 2.09. The second kappa shape index (κ2) is 6.09. The van der Waals surface area contributed by atoms with Crippen LogP contribution < -0.4 is 5.32 Å². The molecule has 0 bridgehead atoms. The quantitative estimate of drug-likeness (QED) is 0.643. The number of carbonyl (C=O) groups is 1. The van der Waals surface area contributed by atoms with Crippen molar-refractivity contribution in [2.75, 3.05) is 11.9 Å². The molecule has 6 nitrogen and oxygen atoms in total. The van der Waals surface area contributed by atoms with Crippen LogP contribution in [0.15, 0.2) is 18.2 Å². The number of rotatable bonds is 5. The summed E-state index contributed by atoms with van der Waals surface area (Å²) in [4.78, 5) is 21.5. The molecule has 0 saturated heterocycles. The SMILES string of the molecule is O=C(O)C1CCCC1CNc1cc(Cl)ccc1[N+](=O)[O-]. The number of nitro benzene ring substituents is 1. The number of hydrogen-bond acceptors (Lipinski definition) is 4. The predicted molar refractivity (Wildman–Crippen MR) is 75.1 cm³/mol. The average molecular weight is 299 g/mol. The van der Waals surface area contributed by atoms with Crippen LogP contribution in [0.4, 0.5) is 11.4 Å². The molecule has 1 aliphatic carbocycles. The first-order valence-electron chi connectivity index (χ1n) is 6.39. The number of aliphatic carboxylic acids is 1. The molecule has 0 heterocycles. The number of nitro groups is 1. The molecule has 0 amide bonds. The maximum absolute atomic E-state index is 11.1. The highest BCUT2D eigenvalue weighted by atomic mass is 35.5. The van der Waals surface area contributed by atoms with Gasteiger partial charge in [-0.2, -0.15) is 0 Å². The summed E-state index contributed by atoms with van der Waals surface area (Å²) in [6.45, 7) is 0.401. The van der Waals surface area contributed by atoms with E-state index in [0.717, 1.165) is 12.8 Å². The number of halogens is 1. The van der Waals surface area contributed by atoms with Gasteiger partial charge in [0.2, 0.25) is 0 Å². The highest BCUT2D eigenvalue weighted by Gasteiger charge is 2.32. The van der Waals surface area contributed by atoms with Crippen molar-refractivity contribution in [3.05, 3.63) is 33.3 Å². The Hall–Kier alpha value is -1.82. The van der Waals surface area contributed by atoms with Crippen LogP contribution in [-0.4, -0.2) is 22.5 Å². The van der Waals surface area contributed by atoms with Gasteiger partial charge in [-0.1, -0.05) is 18.0 Å². The number of anilines is 1. The molecular formula is C13H15ClN2O4. The number of nitrogens with one attached hydrogen (secondary N) is 1. The minimum absolute atomic E-state index is 0.00825. The van der Waals surface area contributed by atoms with Gasteiger partial charge in [0.05, 0.1) is 10.8 Å². The molecule has 2 atom stereocenters. The van der Waals surface area contributed by atoms with Crippen LogP contribution in [0.3, 0.4) is 0 Å². The zero-order valence-corrected chi connectivity index (χ0v) is 11.5. The topological polar surface area (TPSA) is 92.5 Å². The highest BCUT2D eigenvalue weighted by Crippen LogP contribution is 2.33. The minimum atomic E-state index is -0.796. The molecule has 1 aliphatic rings. The van der Waals surface area contributed by atoms with E-state index >= 15 is 0 Å². The number of benzene rings is 1. The lowest BCUT2D eigenvalue weighted by Crippen LogP contribution is -2.24. The first-order valence-corrected chi connectivity index (χ1v) is 6.77. The van der Waals surface area contributed by atoms with Crippen LogP contribution >= 0.6 is 11.6 Å². The van der Waals surface area contributed by atoms with Gasteiger partial charge in [0.25, 0.3) is 5.69 Å². The lowest BCUT2D eigenvalue weighted by atomic mass is 9.96. The number of carboxylic acids is 1. The van der Waals surface area contributed by atoms with Crippen molar-refractivity contribution in [1.29, 1.82) is 0 Å². The van der Waals surface area contributed by atoms with E-state index < -0.39 is 10.9 Å². The zero-order chi connectivity index (χ0) is 14.7. The summed E-state index contributed by atoms with van der Waals surface area (Å²) in [7, 11) is 0. The summed E-state index contributed by atoms with van der Waals surface area (Å²) in [5, 5.41) is 23.4. The molecule has 1 saturated carbocycles. The number of carboxylic acid groups (broad SMARTS) is 1. The summed E-state index contributed by atoms with van der Waals surface area (Å²) in [6, 6.07) is 4.29. The smallest absolute Gasteiger partial charge is 0.306 e. The third-order valence-electron chi connectivity index (χ3n) is 3.69. The minimum Gasteiger partial charge on any atom is -0.481 e. The Morgan fingerprint density at radius 3 is 2.90 bits per heavy atom. The van der Waals surface area contributed by atoms with E-state index in [1.165, 1.54) is 18.2 Å². The summed E-state index contributed by atoms with van der Waals surface area (Å²) in [5.41, 5.74) is 0.276. The van der Waals surface area contributed by atoms with Crippen LogP contribution in [0.1, 0.15) is 19.3 Å². The van der Waals surface area contributed by atoms with E-state index in [2.05, 4.69) is 5.32 Å². The summed E-state index contributed by atoms with van der Waals surface area (Å²) >= 11 is 5.84. The molecule has 0 aromatic heterocycles. The highest BCUT2D eigenvalue weighted by molar-refractivity contribution is 6.31. The fourth-order valence-corrected chi connectivity index (χ4v) is 2.83. The Bertz CT molecular complexity index is 535. The van der Waals surface area contributed by atoms with Gasteiger partial charge < -0.3 is 10.4 Å². The second-order valence-corrected chi connectivity index (χ2v) is 5.37. The van der Waals surface area contributed by atoms with Crippen molar-refractivity contribution >= 4 is 28.9 Å². The molecule has 7 heteroatoms. The van der Waals surface area contributed by atoms with Gasteiger partial charge in [0.15, 0.2) is 0 Å². The average Bonchev–Trinajstić information content (AvgIpc) is 2.84. The standard InChI is InChI=1S/C13H15ClN2O4/c14-9-4-5-12(16(19)20)11(6-9)15-7-8-2-1-3-10(8)13(17)18/h4-6,8,10,15H,1-3,7H2,(H,17,18). The lowest BCUT2D eigenvalue weighted by molar-refractivity contribution is -0.384. The van der Waals surface area contributed by atoms with Crippen LogP contribution in [0.2, 0.25) is 5.02 Å². The Morgan fingerprint density at radius 1 is 1.50 bits per heavy atom. The molecule has 0 spiro atoms. The fourth-order valence-electron chi connectivity index (χ4n) is 2.66. The van der Waals surface area contributed by atoms with Gasteiger partial charge in [0.1, 0.15) is 5.69 Å². The predicted octanol–water partition coefficient (Wildman–Crippen LogP) is 3.16. The van der Waals surface area contributed by atoms with Crippen molar-refractivity contribution < 1.29 is 14.8 Å². The van der Waals surface area contributed by atoms with Crippen LogP contribution in [0.5, 0.6) is 0 Å². The fraction of sp³-hybridized carbons (Fsp3) is 0.462. The van der Waals surface area contributed by atoms with E-state index in [0.29, 0.717) is 23.7 Å². The maximum atomic E-state index is 11.1. The van der Waals surface area contributed by atoms with Gasteiger partial charge in [0, 0.05) is 17.6 Å². The van der Waals surface area contributed by atoms with Gasteiger partial charge in [-0.3, -0.25) is 14.9 Å². The first-order chi connectivity index (χ1) is 9.49. The maximum Gasteiger partial charge on any atom is 0.306 e. The molecule has 108 valence electrons. The molecule has 2 unspecified atom stereocenters. The normalized spacial score (nSPS) is 21.6. The molecular weight excluding hydrogens is 284 g/mol. The van der Waals surface area contributed by atoms with Gasteiger partial charge in [-0.15, -0.1) is 0 Å². The third-order valence-corrected chi connectivity index (χ3v) is 3.92. The number of nitrogens with zero attached hydrogens (tertiary/aromatic N) is 1. The second-order valence-electron chi connectivity index (χ2n) is 4.94. The molecule has 2 rings (SSSR count). The Labute approximate surface area is 120 Å². The van der Waals surface area contributed by atoms with Crippen LogP contribution in [-0.2, 0) is 4.79 Å². The molecule has 1 aromatic carbocycles. The summed E-state index contributed by atoms with van der Waals surface area (Å²) in [6.07, 6.45) is 2.36. The van der Waals surface area contributed by atoms with Crippen molar-refractivity contribution in [2.45, 2.75) is 19.3 Å². The van der Waals surface area contributed by atoms with Crippen molar-refractivity contribution in [3.8, 4) is 0 Å².